The third kappa shape index (κ3) is 6.48. The average molecular weight is 563 g/mol. The van der Waals surface area contributed by atoms with Crippen molar-refractivity contribution < 1.29 is 22.8 Å². The van der Waals surface area contributed by atoms with Crippen molar-refractivity contribution in [1.29, 1.82) is 0 Å². The summed E-state index contributed by atoms with van der Waals surface area (Å²) >= 11 is 0. The Hall–Kier alpha value is -4.87. The highest BCUT2D eigenvalue weighted by Gasteiger charge is 2.28. The number of halogens is 2. The zero-order chi connectivity index (χ0) is 29.1. The van der Waals surface area contributed by atoms with E-state index in [0.29, 0.717) is 49.1 Å². The number of rotatable bonds is 7. The molecule has 0 aliphatic carbocycles. The van der Waals surface area contributed by atoms with E-state index >= 15 is 0 Å². The Morgan fingerprint density at radius 3 is 2.54 bits per heavy atom. The van der Waals surface area contributed by atoms with Gasteiger partial charge in [0.15, 0.2) is 0 Å². The fraction of sp³-hybridized carbons (Fsp3) is 0.276. The van der Waals surface area contributed by atoms with Gasteiger partial charge in [0.25, 0.3) is 5.56 Å². The largest absolute Gasteiger partial charge is 0.416 e. The van der Waals surface area contributed by atoms with Crippen LogP contribution in [0.2, 0.25) is 0 Å². The zero-order valence-corrected chi connectivity index (χ0v) is 22.6. The molecule has 0 N–H and O–H groups in total. The normalized spacial score (nSPS) is 13.7. The lowest BCUT2D eigenvalue weighted by molar-refractivity contribution is 0.117. The lowest BCUT2D eigenvalue weighted by atomic mass is 10.0. The second-order valence-electron chi connectivity index (χ2n) is 9.87. The quantitative estimate of drug-likeness (QED) is 0.294. The van der Waals surface area contributed by atoms with Gasteiger partial charge in [-0.2, -0.15) is 10.1 Å². The number of aromatic nitrogens is 4. The van der Waals surface area contributed by atoms with Crippen LogP contribution in [0.4, 0.5) is 19.6 Å². The summed E-state index contributed by atoms with van der Waals surface area (Å²) in [5.41, 5.74) is 1.56. The molecular formula is C29H28F2N6O4. The van der Waals surface area contributed by atoms with Crippen molar-refractivity contribution in [2.45, 2.75) is 32.4 Å². The van der Waals surface area contributed by atoms with Crippen molar-refractivity contribution in [1.82, 2.24) is 24.8 Å². The monoisotopic (exact) mass is 562 g/mol. The van der Waals surface area contributed by atoms with Crippen LogP contribution in [0, 0.1) is 11.6 Å². The Labute approximate surface area is 234 Å². The molecule has 0 saturated carbocycles. The minimum atomic E-state index is -0.730. The number of benzene rings is 2. The Kier molecular flexibility index (Phi) is 7.90. The Morgan fingerprint density at radius 1 is 1.10 bits per heavy atom. The molecule has 1 saturated heterocycles. The molecule has 1 aliphatic heterocycles. The number of hydrogen-bond acceptors (Lipinski definition) is 8. The number of ether oxygens (including phenoxy) is 1. The van der Waals surface area contributed by atoms with E-state index in [0.717, 1.165) is 23.8 Å². The highest BCUT2D eigenvalue weighted by Crippen LogP contribution is 2.25. The molecule has 0 bridgehead atoms. The van der Waals surface area contributed by atoms with Gasteiger partial charge in [-0.05, 0) is 49.6 Å². The molecule has 212 valence electrons. The Bertz CT molecular complexity index is 1620. The molecule has 4 aromatic rings. The zero-order valence-electron chi connectivity index (χ0n) is 22.6. The molecular weight excluding hydrogens is 534 g/mol. The van der Waals surface area contributed by atoms with Gasteiger partial charge < -0.3 is 19.1 Å². The average Bonchev–Trinajstić information content (AvgIpc) is 3.44. The van der Waals surface area contributed by atoms with E-state index in [4.69, 9.17) is 9.26 Å². The van der Waals surface area contributed by atoms with E-state index in [9.17, 15) is 18.4 Å². The summed E-state index contributed by atoms with van der Waals surface area (Å²) in [6.07, 6.45) is 1.02. The molecule has 0 unspecified atom stereocenters. The van der Waals surface area contributed by atoms with Gasteiger partial charge in [0.2, 0.25) is 5.82 Å². The van der Waals surface area contributed by atoms with Crippen molar-refractivity contribution in [2.75, 3.05) is 25.0 Å². The first-order valence-electron chi connectivity index (χ1n) is 13.0. The van der Waals surface area contributed by atoms with Crippen molar-refractivity contribution in [3.8, 4) is 22.6 Å². The first-order valence-corrected chi connectivity index (χ1v) is 13.0. The van der Waals surface area contributed by atoms with Gasteiger partial charge in [-0.3, -0.25) is 4.79 Å². The van der Waals surface area contributed by atoms with Gasteiger partial charge in [0.05, 0.1) is 18.0 Å². The number of allylic oxidation sites excluding steroid dienone is 1. The maximum absolute atomic E-state index is 13.7. The first-order chi connectivity index (χ1) is 19.7. The van der Waals surface area contributed by atoms with Crippen molar-refractivity contribution in [3.05, 3.63) is 94.5 Å². The molecule has 41 heavy (non-hydrogen) atoms. The van der Waals surface area contributed by atoms with E-state index in [-0.39, 0.29) is 29.4 Å². The van der Waals surface area contributed by atoms with Crippen LogP contribution in [-0.2, 0) is 11.3 Å². The van der Waals surface area contributed by atoms with Crippen LogP contribution in [0.3, 0.4) is 0 Å². The van der Waals surface area contributed by atoms with E-state index in [1.807, 2.05) is 30.1 Å². The van der Waals surface area contributed by atoms with E-state index in [1.54, 1.807) is 17.9 Å². The standard InChI is InChI=1S/C29H28F2N6O4/c1-18(2)40-29(39)36-11-9-24(10-12-36)35(3)28-32-27(34-41-28)20-6-4-5-19(13-20)17-37-26(38)8-7-25(33-37)21-14-22(30)16-23(31)15-21/h4-8,13-16,24H,1,9-12,17H2,2-3H3. The third-order valence-electron chi connectivity index (χ3n) is 6.79. The van der Waals surface area contributed by atoms with E-state index in [2.05, 4.69) is 21.8 Å². The number of carbonyl (C=O) groups excluding carboxylic acids is 1. The highest BCUT2D eigenvalue weighted by molar-refractivity contribution is 5.69. The maximum Gasteiger partial charge on any atom is 0.414 e. The first kappa shape index (κ1) is 27.7. The smallest absolute Gasteiger partial charge is 0.414 e. The number of anilines is 1. The van der Waals surface area contributed by atoms with Gasteiger partial charge >= 0.3 is 12.1 Å². The summed E-state index contributed by atoms with van der Waals surface area (Å²) in [5, 5.41) is 8.45. The van der Waals surface area contributed by atoms with Crippen molar-refractivity contribution >= 4 is 12.1 Å². The molecule has 12 heteroatoms. The van der Waals surface area contributed by atoms with Gasteiger partial charge in [0, 0.05) is 49.4 Å². The third-order valence-corrected chi connectivity index (χ3v) is 6.79. The van der Waals surface area contributed by atoms with Crippen LogP contribution in [0.5, 0.6) is 0 Å². The number of likely N-dealkylation sites (tertiary alicyclic amines) is 1. The van der Waals surface area contributed by atoms with Crippen LogP contribution in [0.1, 0.15) is 25.3 Å². The van der Waals surface area contributed by atoms with E-state index < -0.39 is 17.7 Å². The highest BCUT2D eigenvalue weighted by atomic mass is 19.1. The molecule has 1 amide bonds. The summed E-state index contributed by atoms with van der Waals surface area (Å²) in [4.78, 5) is 32.7. The molecule has 0 radical (unpaired) electrons. The number of hydrogen-bond donors (Lipinski definition) is 0. The Balaban J connectivity index is 1.28. The molecule has 0 atom stereocenters. The minimum absolute atomic E-state index is 0.0975. The van der Waals surface area contributed by atoms with Gasteiger partial charge in [0.1, 0.15) is 11.6 Å². The van der Waals surface area contributed by atoms with Gasteiger partial charge in [-0.25, -0.2) is 18.3 Å². The fourth-order valence-electron chi connectivity index (χ4n) is 4.68. The predicted octanol–water partition coefficient (Wildman–Crippen LogP) is 4.86. The lowest BCUT2D eigenvalue weighted by Gasteiger charge is -2.35. The number of amides is 1. The lowest BCUT2D eigenvalue weighted by Crippen LogP contribution is -2.45. The molecule has 0 spiro atoms. The molecule has 5 rings (SSSR count). The van der Waals surface area contributed by atoms with Crippen molar-refractivity contribution in [2.24, 2.45) is 0 Å². The van der Waals surface area contributed by atoms with Crippen LogP contribution < -0.4 is 10.5 Å². The number of piperidine rings is 1. The molecule has 3 heterocycles. The number of carbonyl (C=O) groups is 1. The molecule has 2 aromatic carbocycles. The van der Waals surface area contributed by atoms with Crippen LogP contribution in [-0.4, -0.2) is 57.1 Å². The van der Waals surface area contributed by atoms with Gasteiger partial charge in [-0.15, -0.1) is 0 Å². The molecule has 2 aromatic heterocycles. The topological polar surface area (TPSA) is 107 Å². The maximum atomic E-state index is 13.7. The molecule has 1 aliphatic rings. The SMILES string of the molecule is C=C(C)OC(=O)N1CCC(N(C)c2nc(-c3cccc(Cn4nc(-c5cc(F)cc(F)c5)ccc4=O)c3)no2)CC1. The van der Waals surface area contributed by atoms with Crippen LogP contribution in [0.15, 0.2) is 76.3 Å². The number of nitrogens with zero attached hydrogens (tertiary/aromatic N) is 6. The van der Waals surface area contributed by atoms with Gasteiger partial charge in [-0.1, -0.05) is 29.9 Å². The molecule has 10 nitrogen and oxygen atoms in total. The Morgan fingerprint density at radius 2 is 1.83 bits per heavy atom. The second kappa shape index (κ2) is 11.7. The van der Waals surface area contributed by atoms with E-state index in [1.165, 1.54) is 16.8 Å². The minimum Gasteiger partial charge on any atom is -0.416 e. The summed E-state index contributed by atoms with van der Waals surface area (Å²) in [6.45, 7) is 6.43. The summed E-state index contributed by atoms with van der Waals surface area (Å²) in [6, 6.07) is 13.6. The fourth-order valence-corrected chi connectivity index (χ4v) is 4.68. The van der Waals surface area contributed by atoms with Crippen molar-refractivity contribution in [3.63, 3.8) is 0 Å². The summed E-state index contributed by atoms with van der Waals surface area (Å²) in [5.74, 6) is -0.730. The second-order valence-corrected chi connectivity index (χ2v) is 9.87. The molecule has 1 fully saturated rings. The van der Waals surface area contributed by atoms with Crippen LogP contribution in [0.25, 0.3) is 22.6 Å². The predicted molar refractivity (Wildman–Crippen MR) is 147 cm³/mol. The summed E-state index contributed by atoms with van der Waals surface area (Å²) in [7, 11) is 1.87. The summed E-state index contributed by atoms with van der Waals surface area (Å²) < 4.78 is 39.3. The van der Waals surface area contributed by atoms with Crippen LogP contribution >= 0.6 is 0 Å².